The number of pyridine rings is 1. The minimum atomic E-state index is -5.23. The van der Waals surface area contributed by atoms with E-state index < -0.39 is 120 Å². The maximum absolute atomic E-state index is 15.4. The molecule has 0 radical (unpaired) electrons. The van der Waals surface area contributed by atoms with Crippen molar-refractivity contribution < 1.29 is 65.5 Å². The number of sulfonamides is 1. The van der Waals surface area contributed by atoms with Gasteiger partial charge in [0.05, 0.1) is 39.8 Å². The molecule has 0 saturated carbocycles. The molecule has 2 N–H and O–H groups in total. The number of aromatic nitrogens is 5. The van der Waals surface area contributed by atoms with Gasteiger partial charge in [0.25, 0.3) is 5.92 Å². The van der Waals surface area contributed by atoms with Crippen molar-refractivity contribution in [2.24, 2.45) is 5.92 Å². The van der Waals surface area contributed by atoms with Gasteiger partial charge < -0.3 is 5.32 Å². The average molecular weight is 966 g/mol. The van der Waals surface area contributed by atoms with Gasteiger partial charge in [-0.25, -0.2) is 30.6 Å². The van der Waals surface area contributed by atoms with Crippen LogP contribution in [-0.4, -0.2) is 70.7 Å². The van der Waals surface area contributed by atoms with E-state index in [1.807, 2.05) is 4.72 Å². The second kappa shape index (κ2) is 15.5. The zero-order valence-corrected chi connectivity index (χ0v) is 35.5. The Balaban J connectivity index is 1.45. The van der Waals surface area contributed by atoms with Crippen LogP contribution in [0.4, 0.5) is 49.7 Å². The third-order valence-electron chi connectivity index (χ3n) is 10.2. The normalized spacial score (nSPS) is 16.4. The molecular formula is C39H30ClF10N7O5S2. The molecule has 0 unspecified atom stereocenters. The number of hydrogen-bond donors (Lipinski definition) is 2. The molecule has 7 rings (SSSR count). The van der Waals surface area contributed by atoms with Gasteiger partial charge in [0.15, 0.2) is 21.3 Å². The Morgan fingerprint density at radius 2 is 1.58 bits per heavy atom. The lowest BCUT2D eigenvalue weighted by molar-refractivity contribution is -0.142. The van der Waals surface area contributed by atoms with Gasteiger partial charge >= 0.3 is 12.4 Å². The highest BCUT2D eigenvalue weighted by molar-refractivity contribution is 7.92. The summed E-state index contributed by atoms with van der Waals surface area (Å²) in [5, 5.41) is 8.94. The first-order valence-electron chi connectivity index (χ1n) is 18.3. The molecule has 2 aliphatic carbocycles. The molecule has 64 heavy (non-hydrogen) atoms. The van der Waals surface area contributed by atoms with Crippen molar-refractivity contribution >= 4 is 59.7 Å². The van der Waals surface area contributed by atoms with Crippen LogP contribution in [0.1, 0.15) is 53.8 Å². The predicted molar refractivity (Wildman–Crippen MR) is 212 cm³/mol. The van der Waals surface area contributed by atoms with E-state index in [9.17, 15) is 56.8 Å². The summed E-state index contributed by atoms with van der Waals surface area (Å²) in [6.45, 7) is -0.585. The third kappa shape index (κ3) is 9.14. The van der Waals surface area contributed by atoms with E-state index in [-0.39, 0.29) is 48.7 Å². The summed E-state index contributed by atoms with van der Waals surface area (Å²) >= 11 is 6.45. The van der Waals surface area contributed by atoms with E-state index in [1.54, 1.807) is 0 Å². The van der Waals surface area contributed by atoms with Crippen LogP contribution in [0, 0.1) is 29.4 Å². The van der Waals surface area contributed by atoms with Crippen LogP contribution < -0.4 is 10.0 Å². The van der Waals surface area contributed by atoms with Crippen molar-refractivity contribution in [1.29, 1.82) is 0 Å². The number of carbonyl (C=O) groups excluding carboxylic acids is 1. The number of hydrogen-bond acceptors (Lipinski definition) is 8. The van der Waals surface area contributed by atoms with Gasteiger partial charge in [-0.1, -0.05) is 29.7 Å². The Morgan fingerprint density at radius 3 is 2.17 bits per heavy atom. The zero-order chi connectivity index (χ0) is 47.3. The first kappa shape index (κ1) is 46.3. The number of amides is 1. The quantitative estimate of drug-likeness (QED) is 0.101. The van der Waals surface area contributed by atoms with Crippen LogP contribution in [-0.2, 0) is 56.3 Å². The number of nitrogens with zero attached hydrogens (tertiary/aromatic N) is 5. The van der Waals surface area contributed by atoms with Crippen molar-refractivity contribution in [3.8, 4) is 23.0 Å². The van der Waals surface area contributed by atoms with Gasteiger partial charge in [-0.05, 0) is 67.7 Å². The number of allylic oxidation sites excluding steroid dienone is 2. The lowest BCUT2D eigenvalue weighted by Crippen LogP contribution is -2.35. The van der Waals surface area contributed by atoms with Crippen LogP contribution in [0.5, 0.6) is 0 Å². The summed E-state index contributed by atoms with van der Waals surface area (Å²) in [6.07, 6.45) is -8.35. The maximum atomic E-state index is 15.4. The van der Waals surface area contributed by atoms with Gasteiger partial charge in [-0.2, -0.15) is 45.3 Å². The monoisotopic (exact) mass is 965 g/mol. The fraction of sp³-hybridized carbons (Fsp3) is 0.333. The molecule has 0 saturated heterocycles. The summed E-state index contributed by atoms with van der Waals surface area (Å²) < 4.78 is 195. The molecule has 25 heteroatoms. The Bertz CT molecular complexity index is 3100. The Kier molecular flexibility index (Phi) is 11.2. The van der Waals surface area contributed by atoms with Crippen molar-refractivity contribution in [3.05, 3.63) is 99.1 Å². The van der Waals surface area contributed by atoms with Crippen molar-refractivity contribution in [3.63, 3.8) is 0 Å². The molecule has 12 nitrogen and oxygen atoms in total. The van der Waals surface area contributed by atoms with Gasteiger partial charge in [0.1, 0.15) is 40.9 Å². The summed E-state index contributed by atoms with van der Waals surface area (Å²) in [4.78, 5) is 18.5. The van der Waals surface area contributed by atoms with Crippen LogP contribution in [0.2, 0.25) is 5.02 Å². The topological polar surface area (TPSA) is 158 Å². The fourth-order valence-electron chi connectivity index (χ4n) is 7.14. The fourth-order valence-corrected chi connectivity index (χ4v) is 8.11. The summed E-state index contributed by atoms with van der Waals surface area (Å²) in [5.41, 5.74) is -5.80. The number of benzene rings is 2. The highest BCUT2D eigenvalue weighted by Gasteiger charge is 2.63. The Morgan fingerprint density at radius 1 is 0.938 bits per heavy atom. The minimum Gasteiger partial charge on any atom is -0.346 e. The van der Waals surface area contributed by atoms with Gasteiger partial charge in [-0.15, -0.1) is 0 Å². The van der Waals surface area contributed by atoms with E-state index >= 15 is 8.78 Å². The number of alkyl halides is 8. The highest BCUT2D eigenvalue weighted by atomic mass is 35.5. The van der Waals surface area contributed by atoms with E-state index in [0.717, 1.165) is 30.5 Å². The average Bonchev–Trinajstić information content (AvgIpc) is 3.66. The first-order valence-corrected chi connectivity index (χ1v) is 22.5. The van der Waals surface area contributed by atoms with E-state index in [0.29, 0.717) is 17.0 Å². The smallest absolute Gasteiger partial charge is 0.346 e. The number of nitrogens with one attached hydrogen (secondary N) is 2. The predicted octanol–water partition coefficient (Wildman–Crippen LogP) is 7.57. The van der Waals surface area contributed by atoms with E-state index in [4.69, 9.17) is 11.6 Å². The van der Waals surface area contributed by atoms with Crippen LogP contribution in [0.25, 0.3) is 27.6 Å². The molecule has 2 aromatic carbocycles. The highest BCUT2D eigenvalue weighted by Crippen LogP contribution is 2.63. The summed E-state index contributed by atoms with van der Waals surface area (Å²) in [6, 6.07) is 5.19. The third-order valence-corrected chi connectivity index (χ3v) is 13.0. The van der Waals surface area contributed by atoms with Gasteiger partial charge in [-0.3, -0.25) is 18.9 Å². The summed E-state index contributed by atoms with van der Waals surface area (Å²) in [7, 11) is -8.07. The number of carbonyl (C=O) groups is 1. The van der Waals surface area contributed by atoms with Gasteiger partial charge in [0, 0.05) is 29.0 Å². The second-order valence-corrected chi connectivity index (χ2v) is 20.2. The molecule has 3 heterocycles. The van der Waals surface area contributed by atoms with Crippen molar-refractivity contribution in [2.45, 2.75) is 62.4 Å². The number of rotatable bonds is 11. The molecule has 340 valence electrons. The molecule has 3 aromatic heterocycles. The zero-order valence-electron chi connectivity index (χ0n) is 33.1. The van der Waals surface area contributed by atoms with E-state index in [2.05, 4.69) is 32.3 Å². The SMILES string of the molecule is CC(C)(C#Cc1ccc(-c2ccc(Cl)c3c(NS(C)(=O)=O)nn(CC(F)(F)F)c23)c([C@H](Cc2cc(F)cc(F)c2)NC(=O)Cn2nc(C(F)(F)F)c3c2C(F)(F)[C@@H]2C=C32)n1)S(C)(=O)=O. The van der Waals surface area contributed by atoms with Crippen LogP contribution >= 0.6 is 11.6 Å². The van der Waals surface area contributed by atoms with E-state index in [1.165, 1.54) is 32.0 Å². The van der Waals surface area contributed by atoms with Crippen molar-refractivity contribution in [2.75, 3.05) is 17.2 Å². The maximum Gasteiger partial charge on any atom is 0.435 e. The first-order chi connectivity index (χ1) is 29.3. The second-order valence-electron chi connectivity index (χ2n) is 15.5. The molecule has 2 atom stereocenters. The molecule has 0 bridgehead atoms. The van der Waals surface area contributed by atoms with Crippen LogP contribution in [0.15, 0.2) is 48.5 Å². The number of sulfone groups is 1. The standard InChI is InChI=1S/C39H30ClF10N7O5S2/c1-36(2,63(3,59)60)10-9-21-5-6-22(23-7-8-26(40)30-32(23)57(17-37(43,44)45)54-35(30)55-64(4,61)62)31(51-21)27(13-18-11-19(41)14-20(42)12-18)52-28(58)16-56-34-29(33(53-56)39(48,49)50)24-15-25(24)38(34,46)47/h5-8,11-12,14-15,25,27H,13,16-17H2,1-4H3,(H,52,58)(H,54,55)/t25-,27+/m1/s1. The Labute approximate surface area is 361 Å². The number of halogens is 11. The molecule has 0 spiro atoms. The van der Waals surface area contributed by atoms with Crippen LogP contribution in [0.3, 0.4) is 0 Å². The summed E-state index contributed by atoms with van der Waals surface area (Å²) in [5.74, 6) is -4.61. The molecule has 1 amide bonds. The van der Waals surface area contributed by atoms with Crippen molar-refractivity contribution in [1.82, 2.24) is 29.9 Å². The lowest BCUT2D eigenvalue weighted by atomic mass is 9.93. The molecule has 0 aliphatic heterocycles. The number of anilines is 1. The molecule has 2 aliphatic rings. The molecular weight excluding hydrogens is 936 g/mol. The molecule has 0 fully saturated rings. The molecule has 5 aromatic rings. The number of fused-ring (bicyclic) bond motifs is 4. The lowest BCUT2D eigenvalue weighted by Gasteiger charge is -2.23. The Hall–Kier alpha value is -5.67. The minimum absolute atomic E-state index is 0.178. The van der Waals surface area contributed by atoms with Gasteiger partial charge in [0.2, 0.25) is 15.9 Å². The largest absolute Gasteiger partial charge is 0.435 e.